The smallest absolute Gasteiger partial charge is 0.0997 e. The van der Waals surface area contributed by atoms with Gasteiger partial charge in [-0.3, -0.25) is 0 Å². The molecule has 0 aromatic heterocycles. The molecule has 0 saturated carbocycles. The van der Waals surface area contributed by atoms with E-state index in [-0.39, 0.29) is 0 Å². The van der Waals surface area contributed by atoms with Gasteiger partial charge in [-0.05, 0) is 11.6 Å². The van der Waals surface area contributed by atoms with E-state index in [4.69, 9.17) is 10.5 Å². The standard InChI is InChI=1S/C11H8N2/c12-8-4-3-6-10-5-1-2-7-11(10)9-13/h1-3,5-7H,4H2. The first-order chi connectivity index (χ1) is 6.38. The Hall–Kier alpha value is -2.06. The summed E-state index contributed by atoms with van der Waals surface area (Å²) in [6.07, 6.45) is 3.91. The molecule has 1 rings (SSSR count). The molecule has 13 heavy (non-hydrogen) atoms. The van der Waals surface area contributed by atoms with E-state index in [2.05, 4.69) is 6.07 Å². The predicted molar refractivity (Wildman–Crippen MR) is 50.4 cm³/mol. The second kappa shape index (κ2) is 4.74. The van der Waals surface area contributed by atoms with Gasteiger partial charge in [-0.1, -0.05) is 30.4 Å². The fraction of sp³-hybridized carbons (Fsp3) is 0.0909. The van der Waals surface area contributed by atoms with Crippen molar-refractivity contribution in [3.05, 3.63) is 41.5 Å². The summed E-state index contributed by atoms with van der Waals surface area (Å²) < 4.78 is 0. The Kier molecular flexibility index (Phi) is 3.30. The molecule has 0 saturated heterocycles. The summed E-state index contributed by atoms with van der Waals surface area (Å²) in [5, 5.41) is 17.0. The van der Waals surface area contributed by atoms with Gasteiger partial charge in [0.15, 0.2) is 0 Å². The molecule has 0 heterocycles. The normalized spacial score (nSPS) is 9.38. The molecule has 0 unspecified atom stereocenters. The van der Waals surface area contributed by atoms with Gasteiger partial charge in [0.25, 0.3) is 0 Å². The van der Waals surface area contributed by atoms with Crippen LogP contribution in [-0.4, -0.2) is 0 Å². The molecule has 62 valence electrons. The molecular weight excluding hydrogens is 160 g/mol. The molecule has 2 heteroatoms. The number of hydrogen-bond donors (Lipinski definition) is 0. The summed E-state index contributed by atoms with van der Waals surface area (Å²) in [7, 11) is 0. The molecule has 0 spiro atoms. The van der Waals surface area contributed by atoms with E-state index in [1.54, 1.807) is 18.2 Å². The Morgan fingerprint density at radius 3 is 2.69 bits per heavy atom. The summed E-state index contributed by atoms with van der Waals surface area (Å²) in [6, 6.07) is 11.4. The quantitative estimate of drug-likeness (QED) is 0.681. The van der Waals surface area contributed by atoms with Crippen LogP contribution in [0.2, 0.25) is 0 Å². The highest BCUT2D eigenvalue weighted by Crippen LogP contribution is 2.09. The Bertz CT molecular complexity index is 391. The lowest BCUT2D eigenvalue weighted by Crippen LogP contribution is -1.79. The van der Waals surface area contributed by atoms with Gasteiger partial charge in [-0.2, -0.15) is 10.5 Å². The maximum atomic E-state index is 8.73. The van der Waals surface area contributed by atoms with Crippen LogP contribution < -0.4 is 0 Å². The highest BCUT2D eigenvalue weighted by Gasteiger charge is 1.94. The van der Waals surface area contributed by atoms with E-state index < -0.39 is 0 Å². The van der Waals surface area contributed by atoms with Crippen LogP contribution in [0.5, 0.6) is 0 Å². The average molecular weight is 168 g/mol. The third-order valence-corrected chi connectivity index (χ3v) is 1.59. The number of rotatable bonds is 2. The molecule has 0 bridgehead atoms. The summed E-state index contributed by atoms with van der Waals surface area (Å²) in [5.74, 6) is 0. The molecular formula is C11H8N2. The maximum absolute atomic E-state index is 8.73. The lowest BCUT2D eigenvalue weighted by atomic mass is 10.1. The van der Waals surface area contributed by atoms with Gasteiger partial charge < -0.3 is 0 Å². The zero-order valence-electron chi connectivity index (χ0n) is 7.07. The molecule has 0 fully saturated rings. The third-order valence-electron chi connectivity index (χ3n) is 1.59. The number of nitrogens with zero attached hydrogens (tertiary/aromatic N) is 2. The van der Waals surface area contributed by atoms with Crippen molar-refractivity contribution in [1.29, 1.82) is 10.5 Å². The number of benzene rings is 1. The van der Waals surface area contributed by atoms with Gasteiger partial charge in [0.1, 0.15) is 0 Å². The van der Waals surface area contributed by atoms with Crippen LogP contribution in [0.1, 0.15) is 17.5 Å². The van der Waals surface area contributed by atoms with E-state index in [1.807, 2.05) is 24.3 Å². The van der Waals surface area contributed by atoms with Crippen molar-refractivity contribution >= 4 is 6.08 Å². The van der Waals surface area contributed by atoms with Crippen LogP contribution in [0.4, 0.5) is 0 Å². The molecule has 0 atom stereocenters. The highest BCUT2D eigenvalue weighted by atomic mass is 14.2. The van der Waals surface area contributed by atoms with Crippen LogP contribution in [0.25, 0.3) is 6.08 Å². The number of allylic oxidation sites excluding steroid dienone is 1. The topological polar surface area (TPSA) is 47.6 Å². The molecule has 0 amide bonds. The minimum Gasteiger partial charge on any atom is -0.198 e. The van der Waals surface area contributed by atoms with Gasteiger partial charge >= 0.3 is 0 Å². The largest absolute Gasteiger partial charge is 0.198 e. The predicted octanol–water partition coefficient (Wildman–Crippen LogP) is 2.49. The lowest BCUT2D eigenvalue weighted by molar-refractivity contribution is 1.36. The molecule has 0 radical (unpaired) electrons. The van der Waals surface area contributed by atoms with Gasteiger partial charge in [-0.25, -0.2) is 0 Å². The SMILES string of the molecule is N#CCC=Cc1ccccc1C#N. The van der Waals surface area contributed by atoms with Crippen molar-refractivity contribution in [1.82, 2.24) is 0 Å². The van der Waals surface area contributed by atoms with Gasteiger partial charge in [0.05, 0.1) is 24.1 Å². The first kappa shape index (κ1) is 9.03. The van der Waals surface area contributed by atoms with Crippen molar-refractivity contribution in [3.63, 3.8) is 0 Å². The summed E-state index contributed by atoms with van der Waals surface area (Å²) in [4.78, 5) is 0. The molecule has 0 aliphatic heterocycles. The number of hydrogen-bond acceptors (Lipinski definition) is 2. The zero-order chi connectivity index (χ0) is 9.52. The highest BCUT2D eigenvalue weighted by molar-refractivity contribution is 5.57. The van der Waals surface area contributed by atoms with Crippen molar-refractivity contribution in [2.45, 2.75) is 6.42 Å². The third kappa shape index (κ3) is 2.47. The molecule has 0 aliphatic carbocycles. The van der Waals surface area contributed by atoms with Crippen molar-refractivity contribution in [2.75, 3.05) is 0 Å². The van der Waals surface area contributed by atoms with Crippen molar-refractivity contribution in [2.24, 2.45) is 0 Å². The van der Waals surface area contributed by atoms with Gasteiger partial charge in [0.2, 0.25) is 0 Å². The lowest BCUT2D eigenvalue weighted by Gasteiger charge is -1.94. The molecule has 1 aromatic rings. The molecule has 1 aromatic carbocycles. The van der Waals surface area contributed by atoms with Crippen molar-refractivity contribution < 1.29 is 0 Å². The Balaban J connectivity index is 2.90. The molecule has 2 nitrogen and oxygen atoms in total. The Morgan fingerprint density at radius 2 is 2.00 bits per heavy atom. The Morgan fingerprint density at radius 1 is 1.23 bits per heavy atom. The van der Waals surface area contributed by atoms with E-state index in [0.717, 1.165) is 5.56 Å². The molecule has 0 aliphatic rings. The first-order valence-corrected chi connectivity index (χ1v) is 3.91. The fourth-order valence-electron chi connectivity index (χ4n) is 0.983. The fourth-order valence-corrected chi connectivity index (χ4v) is 0.983. The van der Waals surface area contributed by atoms with E-state index in [9.17, 15) is 0 Å². The van der Waals surface area contributed by atoms with Gasteiger partial charge in [0, 0.05) is 0 Å². The van der Waals surface area contributed by atoms with E-state index in [1.165, 1.54) is 0 Å². The minimum absolute atomic E-state index is 0.375. The maximum Gasteiger partial charge on any atom is 0.0997 e. The van der Waals surface area contributed by atoms with Crippen LogP contribution in [0, 0.1) is 22.7 Å². The Labute approximate surface area is 77.4 Å². The summed E-state index contributed by atoms with van der Waals surface area (Å²) in [5.41, 5.74) is 1.50. The first-order valence-electron chi connectivity index (χ1n) is 3.91. The van der Waals surface area contributed by atoms with E-state index >= 15 is 0 Å². The molecule has 0 N–H and O–H groups in total. The van der Waals surface area contributed by atoms with E-state index in [0.29, 0.717) is 12.0 Å². The van der Waals surface area contributed by atoms with Crippen LogP contribution in [0.15, 0.2) is 30.3 Å². The second-order valence-electron chi connectivity index (χ2n) is 2.46. The van der Waals surface area contributed by atoms with Crippen molar-refractivity contribution in [3.8, 4) is 12.1 Å². The number of nitriles is 2. The summed E-state index contributed by atoms with van der Waals surface area (Å²) in [6.45, 7) is 0. The van der Waals surface area contributed by atoms with Crippen LogP contribution in [-0.2, 0) is 0 Å². The second-order valence-corrected chi connectivity index (χ2v) is 2.46. The van der Waals surface area contributed by atoms with Crippen LogP contribution in [0.3, 0.4) is 0 Å². The van der Waals surface area contributed by atoms with Crippen LogP contribution >= 0.6 is 0 Å². The van der Waals surface area contributed by atoms with Gasteiger partial charge in [-0.15, -0.1) is 0 Å². The zero-order valence-corrected chi connectivity index (χ0v) is 7.07. The average Bonchev–Trinajstić information content (AvgIpc) is 2.19. The minimum atomic E-state index is 0.375. The summed E-state index contributed by atoms with van der Waals surface area (Å²) >= 11 is 0. The monoisotopic (exact) mass is 168 g/mol.